The second-order valence-electron chi connectivity index (χ2n) is 8.16. The highest BCUT2D eigenvalue weighted by atomic mass is 32.2. The van der Waals surface area contributed by atoms with Crippen molar-refractivity contribution in [2.24, 2.45) is 0 Å². The number of amides is 2. The normalized spacial score (nSPS) is 12.2. The highest BCUT2D eigenvalue weighted by Gasteiger charge is 2.31. The molecule has 2 amide bonds. The van der Waals surface area contributed by atoms with Crippen LogP contribution in [0.4, 0.5) is 10.1 Å². The average Bonchev–Trinajstić information content (AvgIpc) is 2.76. The minimum absolute atomic E-state index is 0.00347. The molecule has 0 bridgehead atoms. The van der Waals surface area contributed by atoms with Crippen LogP contribution in [0.3, 0.4) is 0 Å². The maximum Gasteiger partial charge on any atom is 0.244 e. The molecular formula is C24H32FN3O5S. The summed E-state index contributed by atoms with van der Waals surface area (Å²) in [7, 11) is -3.88. The minimum atomic E-state index is -3.88. The van der Waals surface area contributed by atoms with Gasteiger partial charge in [-0.1, -0.05) is 24.3 Å². The Kier molecular flexibility index (Phi) is 9.43. The Bertz CT molecular complexity index is 1090. The Morgan fingerprint density at radius 2 is 1.68 bits per heavy atom. The first kappa shape index (κ1) is 27.1. The number of rotatable bonds is 11. The standard InChI is InChI=1S/C24H32FN3O5S/c1-6-33-22-10-8-7-9-21(22)28(34(5,31)32)16-23(29)27(18(4)24(30)26-17(2)3)15-19-11-13-20(25)14-12-19/h7-14,17-18H,6,15-16H2,1-5H3,(H,26,30). The second kappa shape index (κ2) is 11.8. The van der Waals surface area contributed by atoms with Crippen LogP contribution in [0.25, 0.3) is 0 Å². The van der Waals surface area contributed by atoms with Crippen LogP contribution in [0.5, 0.6) is 5.75 Å². The van der Waals surface area contributed by atoms with Crippen molar-refractivity contribution in [2.45, 2.75) is 46.3 Å². The SMILES string of the molecule is CCOc1ccccc1N(CC(=O)N(Cc1ccc(F)cc1)C(C)C(=O)NC(C)C)S(C)(=O)=O. The third-order valence-electron chi connectivity index (χ3n) is 4.98. The summed E-state index contributed by atoms with van der Waals surface area (Å²) in [4.78, 5) is 27.5. The van der Waals surface area contributed by atoms with Gasteiger partial charge < -0.3 is 15.0 Å². The number of halogens is 1. The summed E-state index contributed by atoms with van der Waals surface area (Å²) in [5.74, 6) is -1.08. The molecule has 1 atom stereocenters. The number of sulfonamides is 1. The lowest BCUT2D eigenvalue weighted by Crippen LogP contribution is -2.52. The summed E-state index contributed by atoms with van der Waals surface area (Å²) in [6.45, 7) is 6.70. The molecule has 2 aromatic rings. The van der Waals surface area contributed by atoms with E-state index in [0.717, 1.165) is 10.6 Å². The van der Waals surface area contributed by atoms with E-state index in [1.54, 1.807) is 52.0 Å². The Morgan fingerprint density at radius 3 is 2.24 bits per heavy atom. The molecule has 0 aliphatic rings. The Hall–Kier alpha value is -3.14. The topological polar surface area (TPSA) is 96.0 Å². The molecule has 10 heteroatoms. The molecule has 0 aliphatic heterocycles. The molecule has 34 heavy (non-hydrogen) atoms. The summed E-state index contributed by atoms with van der Waals surface area (Å²) in [5, 5.41) is 2.77. The van der Waals surface area contributed by atoms with Gasteiger partial charge in [0.15, 0.2) is 0 Å². The van der Waals surface area contributed by atoms with Gasteiger partial charge in [-0.25, -0.2) is 12.8 Å². The second-order valence-corrected chi connectivity index (χ2v) is 10.1. The van der Waals surface area contributed by atoms with Gasteiger partial charge in [0.2, 0.25) is 21.8 Å². The third-order valence-corrected chi connectivity index (χ3v) is 6.10. The van der Waals surface area contributed by atoms with E-state index in [-0.39, 0.29) is 24.2 Å². The Balaban J connectivity index is 2.42. The van der Waals surface area contributed by atoms with Crippen molar-refractivity contribution in [3.05, 3.63) is 59.9 Å². The molecule has 0 heterocycles. The van der Waals surface area contributed by atoms with Crippen LogP contribution in [0.2, 0.25) is 0 Å². The molecule has 0 radical (unpaired) electrons. The summed E-state index contributed by atoms with van der Waals surface area (Å²) in [6.07, 6.45) is 1.00. The monoisotopic (exact) mass is 493 g/mol. The number of carbonyl (C=O) groups excluding carboxylic acids is 2. The molecule has 1 N–H and O–H groups in total. The maximum absolute atomic E-state index is 13.5. The average molecular weight is 494 g/mol. The number of hydrogen-bond acceptors (Lipinski definition) is 5. The lowest BCUT2D eigenvalue weighted by molar-refractivity contribution is -0.139. The molecule has 0 aromatic heterocycles. The molecule has 0 aliphatic carbocycles. The fourth-order valence-electron chi connectivity index (χ4n) is 3.31. The summed E-state index contributed by atoms with van der Waals surface area (Å²) in [5.41, 5.74) is 0.820. The van der Waals surface area contributed by atoms with Crippen molar-refractivity contribution < 1.29 is 27.1 Å². The number of hydrogen-bond donors (Lipinski definition) is 1. The molecule has 2 aromatic carbocycles. The Labute approximate surface area is 200 Å². The van der Waals surface area contributed by atoms with Gasteiger partial charge in [-0.2, -0.15) is 0 Å². The fraction of sp³-hybridized carbons (Fsp3) is 0.417. The van der Waals surface area contributed by atoms with Crippen molar-refractivity contribution >= 4 is 27.5 Å². The van der Waals surface area contributed by atoms with Gasteiger partial charge in [-0.3, -0.25) is 13.9 Å². The molecule has 0 saturated carbocycles. The zero-order chi connectivity index (χ0) is 25.5. The zero-order valence-electron chi connectivity index (χ0n) is 20.1. The van der Waals surface area contributed by atoms with Crippen LogP contribution >= 0.6 is 0 Å². The van der Waals surface area contributed by atoms with Crippen LogP contribution < -0.4 is 14.4 Å². The molecular weight excluding hydrogens is 461 g/mol. The van der Waals surface area contributed by atoms with Crippen LogP contribution in [0, 0.1) is 5.82 Å². The van der Waals surface area contributed by atoms with Gasteiger partial charge in [-0.05, 0) is 57.5 Å². The van der Waals surface area contributed by atoms with E-state index in [2.05, 4.69) is 5.32 Å². The van der Waals surface area contributed by atoms with Gasteiger partial charge in [0.05, 0.1) is 18.6 Å². The number of nitrogens with zero attached hydrogens (tertiary/aromatic N) is 2. The quantitative estimate of drug-likeness (QED) is 0.519. The highest BCUT2D eigenvalue weighted by molar-refractivity contribution is 7.92. The van der Waals surface area contributed by atoms with E-state index in [9.17, 15) is 22.4 Å². The largest absolute Gasteiger partial charge is 0.492 e. The molecule has 0 fully saturated rings. The van der Waals surface area contributed by atoms with E-state index >= 15 is 0 Å². The lowest BCUT2D eigenvalue weighted by Gasteiger charge is -2.32. The van der Waals surface area contributed by atoms with Crippen molar-refractivity contribution in [3.8, 4) is 5.75 Å². The van der Waals surface area contributed by atoms with Crippen molar-refractivity contribution in [1.29, 1.82) is 0 Å². The van der Waals surface area contributed by atoms with E-state index < -0.39 is 34.3 Å². The van der Waals surface area contributed by atoms with Gasteiger partial charge in [-0.15, -0.1) is 0 Å². The summed E-state index contributed by atoms with van der Waals surface area (Å²) in [6, 6.07) is 11.0. The molecule has 8 nitrogen and oxygen atoms in total. The maximum atomic E-state index is 13.5. The minimum Gasteiger partial charge on any atom is -0.492 e. The summed E-state index contributed by atoms with van der Waals surface area (Å²) >= 11 is 0. The predicted octanol–water partition coefficient (Wildman–Crippen LogP) is 2.93. The predicted molar refractivity (Wildman–Crippen MR) is 129 cm³/mol. The number of carbonyl (C=O) groups is 2. The van der Waals surface area contributed by atoms with E-state index in [4.69, 9.17) is 4.74 Å². The summed E-state index contributed by atoms with van der Waals surface area (Å²) < 4.78 is 45.2. The van der Waals surface area contributed by atoms with Crippen LogP contribution in [-0.2, 0) is 26.2 Å². The number of benzene rings is 2. The molecule has 0 spiro atoms. The first-order valence-corrected chi connectivity index (χ1v) is 12.8. The third kappa shape index (κ3) is 7.44. The van der Waals surface area contributed by atoms with Gasteiger partial charge in [0, 0.05) is 12.6 Å². The van der Waals surface area contributed by atoms with Crippen molar-refractivity contribution in [2.75, 3.05) is 23.7 Å². The van der Waals surface area contributed by atoms with Crippen LogP contribution in [-0.4, -0.2) is 56.6 Å². The van der Waals surface area contributed by atoms with E-state index in [1.807, 2.05) is 0 Å². The van der Waals surface area contributed by atoms with Crippen molar-refractivity contribution in [1.82, 2.24) is 10.2 Å². The fourth-order valence-corrected chi connectivity index (χ4v) is 4.16. The first-order valence-electron chi connectivity index (χ1n) is 11.0. The Morgan fingerprint density at radius 1 is 1.06 bits per heavy atom. The molecule has 0 saturated heterocycles. The van der Waals surface area contributed by atoms with E-state index in [0.29, 0.717) is 17.9 Å². The molecule has 186 valence electrons. The first-order chi connectivity index (χ1) is 15.9. The molecule has 2 rings (SSSR count). The lowest BCUT2D eigenvalue weighted by atomic mass is 10.1. The number of nitrogens with one attached hydrogen (secondary N) is 1. The number of ether oxygens (including phenoxy) is 1. The van der Waals surface area contributed by atoms with Crippen LogP contribution in [0.1, 0.15) is 33.3 Å². The smallest absolute Gasteiger partial charge is 0.244 e. The van der Waals surface area contributed by atoms with Gasteiger partial charge >= 0.3 is 0 Å². The highest BCUT2D eigenvalue weighted by Crippen LogP contribution is 2.30. The zero-order valence-corrected chi connectivity index (χ0v) is 20.9. The number of para-hydroxylation sites is 2. The number of anilines is 1. The van der Waals surface area contributed by atoms with Crippen molar-refractivity contribution in [3.63, 3.8) is 0 Å². The van der Waals surface area contributed by atoms with Gasteiger partial charge in [0.1, 0.15) is 24.2 Å². The van der Waals surface area contributed by atoms with Crippen LogP contribution in [0.15, 0.2) is 48.5 Å². The molecule has 1 unspecified atom stereocenters. The van der Waals surface area contributed by atoms with Gasteiger partial charge in [0.25, 0.3) is 0 Å². The van der Waals surface area contributed by atoms with E-state index in [1.165, 1.54) is 29.2 Å².